The van der Waals surface area contributed by atoms with Gasteiger partial charge in [0, 0.05) is 0 Å². The number of aryl methyl sites for hydroxylation is 1. The summed E-state index contributed by atoms with van der Waals surface area (Å²) in [7, 11) is -2.41. The van der Waals surface area contributed by atoms with Crippen molar-refractivity contribution in [1.82, 2.24) is 10.2 Å². The fourth-order valence-corrected chi connectivity index (χ4v) is 5.04. The number of rotatable bonds is 8. The van der Waals surface area contributed by atoms with Crippen molar-refractivity contribution in [2.45, 2.75) is 24.2 Å². The number of sulfonamides is 1. The molecule has 28 heavy (non-hydrogen) atoms. The molecule has 0 aliphatic carbocycles. The first-order chi connectivity index (χ1) is 13.1. The summed E-state index contributed by atoms with van der Waals surface area (Å²) in [6.45, 7) is 3.33. The molecule has 2 rings (SSSR count). The van der Waals surface area contributed by atoms with Crippen LogP contribution in [0, 0.1) is 6.92 Å². The molecule has 2 aromatic rings. The van der Waals surface area contributed by atoms with Gasteiger partial charge in [-0.2, -0.15) is 0 Å². The molecule has 0 fully saturated rings. The smallest absolute Gasteiger partial charge is 0.316 e. The number of benzene rings is 1. The van der Waals surface area contributed by atoms with E-state index in [1.54, 1.807) is 18.2 Å². The lowest BCUT2D eigenvalue weighted by atomic mass is 10.2. The number of carbonyl (C=O) groups is 2. The molecule has 1 aromatic heterocycles. The van der Waals surface area contributed by atoms with Crippen molar-refractivity contribution in [2.24, 2.45) is 0 Å². The predicted molar refractivity (Wildman–Crippen MR) is 109 cm³/mol. The van der Waals surface area contributed by atoms with Gasteiger partial charge in [-0.25, -0.2) is 8.42 Å². The number of carbonyl (C=O) groups excluding carboxylic acids is 2. The molecule has 12 heteroatoms. The van der Waals surface area contributed by atoms with Gasteiger partial charge in [-0.15, -0.1) is 10.2 Å². The van der Waals surface area contributed by atoms with Crippen molar-refractivity contribution in [1.29, 1.82) is 0 Å². The standard InChI is InChI=1S/C16H20N4O5S3/c1-10-6-5-7-12(8-10)20(28(4,23)24)11(2)14(22)17-15-18-19-16(27-15)26-9-13(21)25-3/h5-8,11H,9H2,1-4H3,(H,17,18,22)/t11-/m0/s1. The highest BCUT2D eigenvalue weighted by atomic mass is 32.2. The van der Waals surface area contributed by atoms with Crippen LogP contribution in [0.5, 0.6) is 0 Å². The van der Waals surface area contributed by atoms with Crippen molar-refractivity contribution in [3.05, 3.63) is 29.8 Å². The summed E-state index contributed by atoms with van der Waals surface area (Å²) < 4.78 is 30.7. The van der Waals surface area contributed by atoms with E-state index < -0.39 is 27.9 Å². The molecule has 152 valence electrons. The summed E-state index contributed by atoms with van der Waals surface area (Å²) in [5.74, 6) is -0.876. The van der Waals surface area contributed by atoms with Gasteiger partial charge < -0.3 is 4.74 Å². The molecule has 0 bridgehead atoms. The van der Waals surface area contributed by atoms with Gasteiger partial charge >= 0.3 is 5.97 Å². The zero-order valence-electron chi connectivity index (χ0n) is 15.7. The van der Waals surface area contributed by atoms with Crippen LogP contribution in [0.25, 0.3) is 0 Å². The Morgan fingerprint density at radius 2 is 2.07 bits per heavy atom. The maximum absolute atomic E-state index is 12.6. The van der Waals surface area contributed by atoms with E-state index >= 15 is 0 Å². The number of thioether (sulfide) groups is 1. The van der Waals surface area contributed by atoms with Crippen molar-refractivity contribution in [3.63, 3.8) is 0 Å². The first-order valence-electron chi connectivity index (χ1n) is 8.02. The van der Waals surface area contributed by atoms with E-state index in [2.05, 4.69) is 20.3 Å². The highest BCUT2D eigenvalue weighted by Crippen LogP contribution is 2.27. The normalized spacial score (nSPS) is 12.3. The van der Waals surface area contributed by atoms with E-state index in [0.717, 1.165) is 39.2 Å². The number of anilines is 2. The van der Waals surface area contributed by atoms with Gasteiger partial charge in [0.1, 0.15) is 6.04 Å². The van der Waals surface area contributed by atoms with Crippen molar-refractivity contribution in [2.75, 3.05) is 28.7 Å². The molecule has 1 N–H and O–H groups in total. The maximum atomic E-state index is 12.6. The molecule has 1 amide bonds. The quantitative estimate of drug-likeness (QED) is 0.373. The number of amides is 1. The minimum atomic E-state index is -3.70. The second-order valence-corrected chi connectivity index (χ2v) is 9.86. The number of nitrogens with zero attached hydrogens (tertiary/aromatic N) is 3. The average Bonchev–Trinajstić information content (AvgIpc) is 3.06. The fourth-order valence-electron chi connectivity index (χ4n) is 2.28. The molecule has 0 unspecified atom stereocenters. The summed E-state index contributed by atoms with van der Waals surface area (Å²) in [6.07, 6.45) is 1.05. The molecule has 1 aromatic carbocycles. The molecule has 0 aliphatic heterocycles. The van der Waals surface area contributed by atoms with Crippen molar-refractivity contribution < 1.29 is 22.7 Å². The Balaban J connectivity index is 2.13. The van der Waals surface area contributed by atoms with E-state index in [0.29, 0.717) is 10.0 Å². The number of hydrogen-bond donors (Lipinski definition) is 1. The van der Waals surface area contributed by atoms with Gasteiger partial charge in [0.15, 0.2) is 4.34 Å². The fraction of sp³-hybridized carbons (Fsp3) is 0.375. The van der Waals surface area contributed by atoms with Crippen LogP contribution in [-0.4, -0.2) is 55.7 Å². The highest BCUT2D eigenvalue weighted by Gasteiger charge is 2.29. The third-order valence-corrected chi connectivity index (χ3v) is 6.71. The summed E-state index contributed by atoms with van der Waals surface area (Å²) in [5, 5.41) is 10.5. The van der Waals surface area contributed by atoms with E-state index in [1.807, 2.05) is 13.0 Å². The minimum Gasteiger partial charge on any atom is -0.468 e. The summed E-state index contributed by atoms with van der Waals surface area (Å²) in [4.78, 5) is 23.8. The van der Waals surface area contributed by atoms with E-state index in [9.17, 15) is 18.0 Å². The zero-order valence-corrected chi connectivity index (χ0v) is 18.2. The Bertz CT molecular complexity index is 961. The summed E-state index contributed by atoms with van der Waals surface area (Å²) in [6, 6.07) is 5.88. The number of esters is 1. The van der Waals surface area contributed by atoms with Gasteiger partial charge in [-0.1, -0.05) is 35.2 Å². The lowest BCUT2D eigenvalue weighted by Crippen LogP contribution is -2.45. The van der Waals surface area contributed by atoms with Crippen LogP contribution in [0.4, 0.5) is 10.8 Å². The number of nitrogens with one attached hydrogen (secondary N) is 1. The molecule has 0 spiro atoms. The van der Waals surface area contributed by atoms with Crippen LogP contribution >= 0.6 is 23.1 Å². The SMILES string of the molecule is COC(=O)CSc1nnc(NC(=O)[C@H](C)N(c2cccc(C)c2)S(C)(=O)=O)s1. The Morgan fingerprint density at radius 3 is 2.68 bits per heavy atom. The van der Waals surface area contributed by atoms with Gasteiger partial charge in [-0.3, -0.25) is 19.2 Å². The Morgan fingerprint density at radius 1 is 1.36 bits per heavy atom. The third kappa shape index (κ3) is 5.91. The van der Waals surface area contributed by atoms with Gasteiger partial charge in [-0.05, 0) is 31.5 Å². The Hall–Kier alpha value is -2.18. The van der Waals surface area contributed by atoms with Crippen molar-refractivity contribution in [3.8, 4) is 0 Å². The van der Waals surface area contributed by atoms with Crippen LogP contribution < -0.4 is 9.62 Å². The first kappa shape index (κ1) is 22.1. The Labute approximate surface area is 171 Å². The minimum absolute atomic E-state index is 0.0741. The average molecular weight is 445 g/mol. The second kappa shape index (κ2) is 9.34. The predicted octanol–water partition coefficient (Wildman–Crippen LogP) is 1.90. The largest absolute Gasteiger partial charge is 0.468 e. The molecule has 0 saturated heterocycles. The first-order valence-corrected chi connectivity index (χ1v) is 11.7. The van der Waals surface area contributed by atoms with Gasteiger partial charge in [0.25, 0.3) is 0 Å². The van der Waals surface area contributed by atoms with E-state index in [-0.39, 0.29) is 10.9 Å². The molecule has 0 aliphatic rings. The monoisotopic (exact) mass is 444 g/mol. The van der Waals surface area contributed by atoms with Crippen molar-refractivity contribution >= 4 is 55.8 Å². The summed E-state index contributed by atoms with van der Waals surface area (Å²) >= 11 is 2.21. The Kier molecular flexibility index (Phi) is 7.38. The lowest BCUT2D eigenvalue weighted by Gasteiger charge is -2.28. The molecule has 0 saturated carbocycles. The van der Waals surface area contributed by atoms with Gasteiger partial charge in [0.05, 0.1) is 24.8 Å². The number of ether oxygens (including phenoxy) is 1. The maximum Gasteiger partial charge on any atom is 0.316 e. The molecule has 1 heterocycles. The second-order valence-electron chi connectivity index (χ2n) is 5.80. The highest BCUT2D eigenvalue weighted by molar-refractivity contribution is 8.01. The molecular formula is C16H20N4O5S3. The molecule has 9 nitrogen and oxygen atoms in total. The summed E-state index contributed by atoms with van der Waals surface area (Å²) in [5.41, 5.74) is 1.27. The third-order valence-electron chi connectivity index (χ3n) is 3.52. The number of methoxy groups -OCH3 is 1. The number of aromatic nitrogens is 2. The molecule has 1 atom stereocenters. The van der Waals surface area contributed by atoms with E-state index in [1.165, 1.54) is 14.0 Å². The molecular weight excluding hydrogens is 424 g/mol. The van der Waals surface area contributed by atoms with Crippen LogP contribution in [-0.2, 0) is 24.3 Å². The molecule has 0 radical (unpaired) electrons. The van der Waals surface area contributed by atoms with Crippen LogP contribution in [0.15, 0.2) is 28.6 Å². The zero-order chi connectivity index (χ0) is 20.9. The van der Waals surface area contributed by atoms with Crippen LogP contribution in [0.1, 0.15) is 12.5 Å². The topological polar surface area (TPSA) is 119 Å². The van der Waals surface area contributed by atoms with Crippen LogP contribution in [0.3, 0.4) is 0 Å². The lowest BCUT2D eigenvalue weighted by molar-refractivity contribution is -0.137. The van der Waals surface area contributed by atoms with E-state index in [4.69, 9.17) is 0 Å². The number of hydrogen-bond acceptors (Lipinski definition) is 9. The van der Waals surface area contributed by atoms with Gasteiger partial charge in [0.2, 0.25) is 21.1 Å². The van der Waals surface area contributed by atoms with Crippen LogP contribution in [0.2, 0.25) is 0 Å².